The molecule has 0 heterocycles. The van der Waals surface area contributed by atoms with E-state index in [1.165, 1.54) is 276 Å². The van der Waals surface area contributed by atoms with Gasteiger partial charge in [-0.15, -0.1) is 0 Å². The molecule has 0 bridgehead atoms. The molecule has 1 atom stereocenters. The minimum Gasteiger partial charge on any atom is -0.462 e. The molecule has 6 heteroatoms. The molecule has 6 nitrogen and oxygen atoms in total. The summed E-state index contributed by atoms with van der Waals surface area (Å²) in [5.41, 5.74) is 0. The quantitative estimate of drug-likeness (QED) is 0.0261. The number of ether oxygens (including phenoxy) is 3. The minimum atomic E-state index is -0.777. The van der Waals surface area contributed by atoms with Crippen LogP contribution in [0.2, 0.25) is 0 Å². The third kappa shape index (κ3) is 70.0. The second-order valence-corrected chi connectivity index (χ2v) is 25.2. The van der Waals surface area contributed by atoms with Crippen LogP contribution in [0, 0.1) is 0 Å². The molecule has 0 aromatic rings. The normalized spacial score (nSPS) is 12.3. The molecular weight excluding hydrogens is 1020 g/mol. The van der Waals surface area contributed by atoms with E-state index in [1.54, 1.807) is 0 Å². The number of carbonyl (C=O) groups is 3. The lowest BCUT2D eigenvalue weighted by molar-refractivity contribution is -0.167. The first-order chi connectivity index (χ1) is 41.0. The highest BCUT2D eigenvalue weighted by atomic mass is 16.6. The smallest absolute Gasteiger partial charge is 0.306 e. The topological polar surface area (TPSA) is 78.9 Å². The Balaban J connectivity index is 4.29. The fourth-order valence-corrected chi connectivity index (χ4v) is 11.3. The maximum Gasteiger partial charge on any atom is 0.306 e. The molecule has 0 saturated heterocycles. The number of hydrogen-bond donors (Lipinski definition) is 0. The van der Waals surface area contributed by atoms with E-state index < -0.39 is 6.10 Å². The van der Waals surface area contributed by atoms with Crippen molar-refractivity contribution in [3.63, 3.8) is 0 Å². The Kier molecular flexibility index (Phi) is 69.6. The van der Waals surface area contributed by atoms with Crippen molar-refractivity contribution in [2.75, 3.05) is 13.2 Å². The third-order valence-electron chi connectivity index (χ3n) is 16.8. The van der Waals surface area contributed by atoms with Crippen molar-refractivity contribution in [1.82, 2.24) is 0 Å². The van der Waals surface area contributed by atoms with E-state index in [4.69, 9.17) is 14.2 Å². The summed E-state index contributed by atoms with van der Waals surface area (Å²) < 4.78 is 17.0. The summed E-state index contributed by atoms with van der Waals surface area (Å²) in [6.07, 6.45) is 91.5. The molecule has 0 aliphatic heterocycles. The van der Waals surface area contributed by atoms with Gasteiger partial charge in [0, 0.05) is 19.3 Å². The van der Waals surface area contributed by atoms with Crippen molar-refractivity contribution in [1.29, 1.82) is 0 Å². The van der Waals surface area contributed by atoms with Gasteiger partial charge in [0.05, 0.1) is 0 Å². The van der Waals surface area contributed by atoms with Gasteiger partial charge in [0.1, 0.15) is 13.2 Å². The molecule has 0 N–H and O–H groups in total. The minimum absolute atomic E-state index is 0.0706. The van der Waals surface area contributed by atoms with Crippen molar-refractivity contribution >= 4 is 17.9 Å². The standard InChI is InChI=1S/C77H142O6/c1-4-7-10-13-16-19-22-25-28-31-34-36-37-38-39-40-42-43-46-49-52-55-58-61-64-67-70-76(79)82-73-74(72-81-75(78)69-66-63-60-57-54-51-48-45-33-30-27-24-21-18-15-12-9-6-3)83-77(80)71-68-65-62-59-56-53-50-47-44-41-35-32-29-26-23-20-17-14-11-8-5-2/h8,11,17,20,26,29,35,41,74H,4-7,9-10,12-16,18-19,21-25,27-28,30-34,36-40,42-73H2,1-3H3/b11-8-,20-17-,29-26-,41-35-. The van der Waals surface area contributed by atoms with Gasteiger partial charge in [-0.1, -0.05) is 378 Å². The van der Waals surface area contributed by atoms with Crippen LogP contribution in [0.15, 0.2) is 48.6 Å². The average molecular weight is 1160 g/mol. The second-order valence-electron chi connectivity index (χ2n) is 25.2. The molecule has 0 aromatic carbocycles. The molecule has 0 aromatic heterocycles. The van der Waals surface area contributed by atoms with Crippen molar-refractivity contribution < 1.29 is 28.6 Å². The Hall–Kier alpha value is -2.63. The zero-order valence-electron chi connectivity index (χ0n) is 56.0. The van der Waals surface area contributed by atoms with Crippen LogP contribution in [-0.2, 0) is 28.6 Å². The Morgan fingerprint density at radius 3 is 0.735 bits per heavy atom. The highest BCUT2D eigenvalue weighted by Crippen LogP contribution is 2.19. The lowest BCUT2D eigenvalue weighted by Crippen LogP contribution is -2.30. The summed E-state index contributed by atoms with van der Waals surface area (Å²) in [6.45, 7) is 6.61. The number of carbonyl (C=O) groups excluding carboxylic acids is 3. The van der Waals surface area contributed by atoms with Crippen LogP contribution in [0.1, 0.15) is 406 Å². The highest BCUT2D eigenvalue weighted by molar-refractivity contribution is 5.71. The van der Waals surface area contributed by atoms with Gasteiger partial charge in [-0.05, 0) is 57.8 Å². The molecule has 0 saturated carbocycles. The van der Waals surface area contributed by atoms with E-state index in [0.29, 0.717) is 19.3 Å². The lowest BCUT2D eigenvalue weighted by Gasteiger charge is -2.18. The molecule has 0 rings (SSSR count). The summed E-state index contributed by atoms with van der Waals surface area (Å²) in [6, 6.07) is 0. The highest BCUT2D eigenvalue weighted by Gasteiger charge is 2.20. The second kappa shape index (κ2) is 71.8. The monoisotopic (exact) mass is 1160 g/mol. The summed E-state index contributed by atoms with van der Waals surface area (Å²) in [5.74, 6) is -0.846. The van der Waals surface area contributed by atoms with Crippen LogP contribution in [0.3, 0.4) is 0 Å². The van der Waals surface area contributed by atoms with E-state index in [2.05, 4.69) is 69.4 Å². The number of allylic oxidation sites excluding steroid dienone is 8. The molecule has 0 amide bonds. The zero-order valence-corrected chi connectivity index (χ0v) is 56.0. The summed E-state index contributed by atoms with van der Waals surface area (Å²) in [5, 5.41) is 0. The lowest BCUT2D eigenvalue weighted by atomic mass is 10.0. The predicted octanol–water partition coefficient (Wildman–Crippen LogP) is 25.7. The van der Waals surface area contributed by atoms with Crippen molar-refractivity contribution in [2.45, 2.75) is 412 Å². The first-order valence-corrected chi connectivity index (χ1v) is 37.1. The van der Waals surface area contributed by atoms with Crippen molar-refractivity contribution in [3.05, 3.63) is 48.6 Å². The fraction of sp³-hybridized carbons (Fsp3) is 0.857. The fourth-order valence-electron chi connectivity index (χ4n) is 11.3. The molecule has 0 radical (unpaired) electrons. The van der Waals surface area contributed by atoms with Crippen molar-refractivity contribution in [3.8, 4) is 0 Å². The molecule has 0 spiro atoms. The average Bonchev–Trinajstić information content (AvgIpc) is 3.50. The molecule has 486 valence electrons. The van der Waals surface area contributed by atoms with E-state index in [1.807, 2.05) is 0 Å². The van der Waals surface area contributed by atoms with E-state index in [0.717, 1.165) is 89.9 Å². The molecule has 0 aliphatic rings. The largest absolute Gasteiger partial charge is 0.462 e. The summed E-state index contributed by atoms with van der Waals surface area (Å²) in [7, 11) is 0. The number of hydrogen-bond acceptors (Lipinski definition) is 6. The van der Waals surface area contributed by atoms with Gasteiger partial charge in [-0.3, -0.25) is 14.4 Å². The van der Waals surface area contributed by atoms with Gasteiger partial charge in [-0.2, -0.15) is 0 Å². The number of rotatable bonds is 69. The first-order valence-electron chi connectivity index (χ1n) is 37.1. The summed E-state index contributed by atoms with van der Waals surface area (Å²) >= 11 is 0. The molecule has 0 aliphatic carbocycles. The van der Waals surface area contributed by atoms with Gasteiger partial charge in [0.15, 0.2) is 6.10 Å². The van der Waals surface area contributed by atoms with Crippen LogP contribution >= 0.6 is 0 Å². The van der Waals surface area contributed by atoms with Gasteiger partial charge in [0.2, 0.25) is 0 Å². The Bertz CT molecular complexity index is 1430. The predicted molar refractivity (Wildman–Crippen MR) is 362 cm³/mol. The molecule has 83 heavy (non-hydrogen) atoms. The van der Waals surface area contributed by atoms with Crippen LogP contribution < -0.4 is 0 Å². The zero-order chi connectivity index (χ0) is 59.9. The Morgan fingerprint density at radius 1 is 0.253 bits per heavy atom. The molecular formula is C77H142O6. The first kappa shape index (κ1) is 80.4. The van der Waals surface area contributed by atoms with Crippen LogP contribution in [-0.4, -0.2) is 37.2 Å². The number of unbranched alkanes of at least 4 members (excludes halogenated alkanes) is 50. The van der Waals surface area contributed by atoms with Crippen LogP contribution in [0.5, 0.6) is 0 Å². The van der Waals surface area contributed by atoms with Crippen LogP contribution in [0.4, 0.5) is 0 Å². The Morgan fingerprint density at radius 2 is 0.470 bits per heavy atom. The SMILES string of the molecule is CC/C=C\C/C=C\C/C=C\C/C=C\CCCCCCCCCCC(=O)OC(COC(=O)CCCCCCCCCCCCCCCCCCCC)COC(=O)CCCCCCCCCCCCCCCCCCCCCCCCCCCC. The van der Waals surface area contributed by atoms with Crippen molar-refractivity contribution in [2.24, 2.45) is 0 Å². The van der Waals surface area contributed by atoms with E-state index >= 15 is 0 Å². The van der Waals surface area contributed by atoms with Gasteiger partial charge >= 0.3 is 17.9 Å². The molecule has 1 unspecified atom stereocenters. The van der Waals surface area contributed by atoms with Crippen LogP contribution in [0.25, 0.3) is 0 Å². The molecule has 0 fully saturated rings. The maximum atomic E-state index is 13.0. The van der Waals surface area contributed by atoms with E-state index in [-0.39, 0.29) is 31.1 Å². The third-order valence-corrected chi connectivity index (χ3v) is 16.8. The Labute approximate surface area is 518 Å². The van der Waals surface area contributed by atoms with E-state index in [9.17, 15) is 14.4 Å². The van der Waals surface area contributed by atoms with Gasteiger partial charge < -0.3 is 14.2 Å². The van der Waals surface area contributed by atoms with Gasteiger partial charge in [-0.25, -0.2) is 0 Å². The van der Waals surface area contributed by atoms with Gasteiger partial charge in [0.25, 0.3) is 0 Å². The summed E-state index contributed by atoms with van der Waals surface area (Å²) in [4.78, 5) is 38.5. The maximum absolute atomic E-state index is 13.0. The number of esters is 3.